The average molecular weight is 255 g/mol. The van der Waals surface area contributed by atoms with Crippen LogP contribution in [0, 0.1) is 0 Å². The van der Waals surface area contributed by atoms with Gasteiger partial charge in [-0.15, -0.1) is 0 Å². The molecule has 2 N–H and O–H groups in total. The molecule has 0 aromatic heterocycles. The summed E-state index contributed by atoms with van der Waals surface area (Å²) in [5.41, 5.74) is 0.577. The number of hydrogen-bond acceptors (Lipinski definition) is 3. The van der Waals surface area contributed by atoms with Gasteiger partial charge in [-0.25, -0.2) is 0 Å². The van der Waals surface area contributed by atoms with E-state index in [4.69, 9.17) is 16.3 Å². The molecule has 17 heavy (non-hydrogen) atoms. The third-order valence-electron chi connectivity index (χ3n) is 2.58. The zero-order valence-electron chi connectivity index (χ0n) is 9.63. The van der Waals surface area contributed by atoms with Crippen LogP contribution in [0.2, 0.25) is 5.02 Å². The maximum absolute atomic E-state index is 11.6. The van der Waals surface area contributed by atoms with Gasteiger partial charge in [0.1, 0.15) is 5.75 Å². The quantitative estimate of drug-likeness (QED) is 0.846. The van der Waals surface area contributed by atoms with Gasteiger partial charge in [-0.2, -0.15) is 0 Å². The highest BCUT2D eigenvalue weighted by Crippen LogP contribution is 2.26. The fourth-order valence-electron chi connectivity index (χ4n) is 1.45. The molecule has 0 unspecified atom stereocenters. The molecule has 1 aromatic carbocycles. The number of hydrogen-bond donors (Lipinski definition) is 2. The molecule has 0 radical (unpaired) electrons. The molecule has 0 atom stereocenters. The van der Waals surface area contributed by atoms with E-state index in [1.807, 2.05) is 0 Å². The average Bonchev–Trinajstić information content (AvgIpc) is 3.13. The Morgan fingerprint density at radius 3 is 2.94 bits per heavy atom. The predicted octanol–water partition coefficient (Wildman–Crippen LogP) is 2.04. The number of carbonyl (C=O) groups is 1. The maximum atomic E-state index is 11.6. The SMILES string of the molecule is COc1ccc(Cl)c(NC(=O)CNC2CC2)c1. The van der Waals surface area contributed by atoms with Gasteiger partial charge in [-0.1, -0.05) is 11.6 Å². The summed E-state index contributed by atoms with van der Waals surface area (Å²) in [5, 5.41) is 6.40. The first-order valence-corrected chi connectivity index (χ1v) is 5.93. The maximum Gasteiger partial charge on any atom is 0.238 e. The van der Waals surface area contributed by atoms with Crippen LogP contribution < -0.4 is 15.4 Å². The van der Waals surface area contributed by atoms with Crippen molar-refractivity contribution < 1.29 is 9.53 Å². The summed E-state index contributed by atoms with van der Waals surface area (Å²) in [5.74, 6) is 0.576. The van der Waals surface area contributed by atoms with Gasteiger partial charge < -0.3 is 15.4 Å². The molecule has 4 nitrogen and oxygen atoms in total. The van der Waals surface area contributed by atoms with Gasteiger partial charge in [0.25, 0.3) is 0 Å². The van der Waals surface area contributed by atoms with Gasteiger partial charge in [0.2, 0.25) is 5.91 Å². The third kappa shape index (κ3) is 3.61. The second kappa shape index (κ2) is 5.38. The Balaban J connectivity index is 1.93. The van der Waals surface area contributed by atoms with Crippen LogP contribution in [-0.4, -0.2) is 25.6 Å². The van der Waals surface area contributed by atoms with Crippen molar-refractivity contribution in [1.29, 1.82) is 0 Å². The van der Waals surface area contributed by atoms with Crippen molar-refractivity contribution in [3.63, 3.8) is 0 Å². The summed E-state index contributed by atoms with van der Waals surface area (Å²) in [6.45, 7) is 0.318. The molecule has 0 saturated heterocycles. The smallest absolute Gasteiger partial charge is 0.238 e. The summed E-state index contributed by atoms with van der Waals surface area (Å²) >= 11 is 5.98. The first-order valence-electron chi connectivity index (χ1n) is 5.56. The Bertz CT molecular complexity index is 419. The van der Waals surface area contributed by atoms with Crippen LogP contribution in [0.4, 0.5) is 5.69 Å². The Morgan fingerprint density at radius 2 is 2.29 bits per heavy atom. The Labute approximate surface area is 105 Å². The fraction of sp³-hybridized carbons (Fsp3) is 0.417. The molecule has 92 valence electrons. The van der Waals surface area contributed by atoms with Crippen LogP contribution in [0.15, 0.2) is 18.2 Å². The lowest BCUT2D eigenvalue weighted by Gasteiger charge is -2.09. The van der Waals surface area contributed by atoms with Gasteiger partial charge >= 0.3 is 0 Å². The van der Waals surface area contributed by atoms with Crippen molar-refractivity contribution in [2.75, 3.05) is 19.0 Å². The molecule has 0 bridgehead atoms. The summed E-state index contributed by atoms with van der Waals surface area (Å²) in [4.78, 5) is 11.6. The first-order chi connectivity index (χ1) is 8.19. The molecule has 1 fully saturated rings. The van der Waals surface area contributed by atoms with Gasteiger partial charge in [0, 0.05) is 12.1 Å². The molecule has 1 saturated carbocycles. The van der Waals surface area contributed by atoms with Crippen molar-refractivity contribution >= 4 is 23.2 Å². The van der Waals surface area contributed by atoms with E-state index >= 15 is 0 Å². The highest BCUT2D eigenvalue weighted by Gasteiger charge is 2.21. The van der Waals surface area contributed by atoms with E-state index in [2.05, 4.69) is 10.6 Å². The Kier molecular flexibility index (Phi) is 3.86. The van der Waals surface area contributed by atoms with E-state index in [0.29, 0.717) is 29.0 Å². The van der Waals surface area contributed by atoms with E-state index in [1.54, 1.807) is 25.3 Å². The van der Waals surface area contributed by atoms with E-state index in [9.17, 15) is 4.79 Å². The number of methoxy groups -OCH3 is 1. The minimum Gasteiger partial charge on any atom is -0.497 e. The lowest BCUT2D eigenvalue weighted by Crippen LogP contribution is -2.29. The number of rotatable bonds is 5. The molecule has 0 spiro atoms. The first kappa shape index (κ1) is 12.2. The van der Waals surface area contributed by atoms with E-state index in [-0.39, 0.29) is 5.91 Å². The summed E-state index contributed by atoms with van der Waals surface area (Å²) in [6, 6.07) is 5.67. The summed E-state index contributed by atoms with van der Waals surface area (Å²) in [7, 11) is 1.57. The number of nitrogens with one attached hydrogen (secondary N) is 2. The molecule has 1 aliphatic carbocycles. The van der Waals surface area contributed by atoms with Crippen LogP contribution in [-0.2, 0) is 4.79 Å². The van der Waals surface area contributed by atoms with Crippen LogP contribution >= 0.6 is 11.6 Å². The number of amides is 1. The standard InChI is InChI=1S/C12H15ClN2O2/c1-17-9-4-5-10(13)11(6-9)15-12(16)7-14-8-2-3-8/h4-6,8,14H,2-3,7H2,1H3,(H,15,16). The molecule has 2 rings (SSSR count). The van der Waals surface area contributed by atoms with Gasteiger partial charge in [0.05, 0.1) is 24.4 Å². The van der Waals surface area contributed by atoms with Crippen molar-refractivity contribution in [2.24, 2.45) is 0 Å². The Morgan fingerprint density at radius 1 is 1.53 bits per heavy atom. The van der Waals surface area contributed by atoms with E-state index in [0.717, 1.165) is 12.8 Å². The molecular formula is C12H15ClN2O2. The topological polar surface area (TPSA) is 50.4 Å². The number of benzene rings is 1. The van der Waals surface area contributed by atoms with Crippen LogP contribution in [0.1, 0.15) is 12.8 Å². The van der Waals surface area contributed by atoms with Crippen molar-refractivity contribution in [3.8, 4) is 5.75 Å². The van der Waals surface area contributed by atoms with E-state index < -0.39 is 0 Å². The minimum atomic E-state index is -0.0907. The fourth-order valence-corrected chi connectivity index (χ4v) is 1.61. The van der Waals surface area contributed by atoms with Crippen LogP contribution in [0.3, 0.4) is 0 Å². The monoisotopic (exact) mass is 254 g/mol. The molecule has 5 heteroatoms. The molecule has 1 aliphatic rings. The van der Waals surface area contributed by atoms with Crippen molar-refractivity contribution in [3.05, 3.63) is 23.2 Å². The molecule has 0 aliphatic heterocycles. The molecule has 0 heterocycles. The van der Waals surface area contributed by atoms with Crippen LogP contribution in [0.5, 0.6) is 5.75 Å². The van der Waals surface area contributed by atoms with Crippen LogP contribution in [0.25, 0.3) is 0 Å². The highest BCUT2D eigenvalue weighted by molar-refractivity contribution is 6.33. The minimum absolute atomic E-state index is 0.0907. The largest absolute Gasteiger partial charge is 0.497 e. The summed E-state index contributed by atoms with van der Waals surface area (Å²) < 4.78 is 5.07. The summed E-state index contributed by atoms with van der Waals surface area (Å²) in [6.07, 6.45) is 2.32. The lowest BCUT2D eigenvalue weighted by atomic mass is 10.3. The molecular weight excluding hydrogens is 240 g/mol. The van der Waals surface area contributed by atoms with Gasteiger partial charge in [-0.05, 0) is 25.0 Å². The predicted molar refractivity (Wildman–Crippen MR) is 67.7 cm³/mol. The second-order valence-corrected chi connectivity index (χ2v) is 4.46. The molecule has 1 aromatic rings. The third-order valence-corrected chi connectivity index (χ3v) is 2.91. The molecule has 1 amide bonds. The zero-order valence-corrected chi connectivity index (χ0v) is 10.4. The number of ether oxygens (including phenoxy) is 1. The van der Waals surface area contributed by atoms with E-state index in [1.165, 1.54) is 0 Å². The normalized spacial score (nSPS) is 14.5. The second-order valence-electron chi connectivity index (χ2n) is 4.05. The number of anilines is 1. The number of halogens is 1. The Hall–Kier alpha value is -1.26. The van der Waals surface area contributed by atoms with Gasteiger partial charge in [-0.3, -0.25) is 4.79 Å². The van der Waals surface area contributed by atoms with Crippen molar-refractivity contribution in [2.45, 2.75) is 18.9 Å². The van der Waals surface area contributed by atoms with Gasteiger partial charge in [0.15, 0.2) is 0 Å². The lowest BCUT2D eigenvalue weighted by molar-refractivity contribution is -0.115. The zero-order chi connectivity index (χ0) is 12.3. The van der Waals surface area contributed by atoms with Crippen molar-refractivity contribution in [1.82, 2.24) is 5.32 Å². The number of carbonyl (C=O) groups excluding carboxylic acids is 1. The highest BCUT2D eigenvalue weighted by atomic mass is 35.5.